The van der Waals surface area contributed by atoms with Crippen molar-refractivity contribution >= 4 is 0 Å². The van der Waals surface area contributed by atoms with Gasteiger partial charge in [0.2, 0.25) is 0 Å². The number of hydrogen-bond acceptors (Lipinski definition) is 0. The lowest BCUT2D eigenvalue weighted by Gasteiger charge is -2.20. The SMILES string of the molecule is CCC(c1ccccc1)c1ccccc1-c1ccccc1C. The van der Waals surface area contributed by atoms with Crippen LogP contribution in [0.25, 0.3) is 11.1 Å². The lowest BCUT2D eigenvalue weighted by atomic mass is 9.83. The fourth-order valence-electron chi connectivity index (χ4n) is 3.24. The zero-order valence-electron chi connectivity index (χ0n) is 13.3. The highest BCUT2D eigenvalue weighted by atomic mass is 14.2. The second-order valence-electron chi connectivity index (χ2n) is 5.77. The minimum absolute atomic E-state index is 0.442. The van der Waals surface area contributed by atoms with Crippen LogP contribution in [0.15, 0.2) is 78.9 Å². The Hall–Kier alpha value is -2.34. The Bertz CT molecular complexity index is 741. The standard InChI is InChI=1S/C22H22/c1-3-19(18-12-5-4-6-13-18)21-15-9-10-16-22(21)20-14-8-7-11-17(20)2/h4-16,19H,3H2,1-2H3. The van der Waals surface area contributed by atoms with Crippen LogP contribution in [0.1, 0.15) is 36.0 Å². The second kappa shape index (κ2) is 6.62. The molecule has 1 atom stereocenters. The van der Waals surface area contributed by atoms with Gasteiger partial charge in [-0.1, -0.05) is 85.8 Å². The first-order valence-electron chi connectivity index (χ1n) is 8.01. The molecule has 0 N–H and O–H groups in total. The molecule has 22 heavy (non-hydrogen) atoms. The highest BCUT2D eigenvalue weighted by Gasteiger charge is 2.16. The maximum atomic E-state index is 2.28. The van der Waals surface area contributed by atoms with Gasteiger partial charge in [0, 0.05) is 5.92 Å². The Kier molecular flexibility index (Phi) is 4.39. The van der Waals surface area contributed by atoms with E-state index in [9.17, 15) is 0 Å². The normalized spacial score (nSPS) is 12.1. The minimum atomic E-state index is 0.442. The van der Waals surface area contributed by atoms with E-state index in [1.54, 1.807) is 0 Å². The van der Waals surface area contributed by atoms with Gasteiger partial charge in [-0.15, -0.1) is 0 Å². The molecule has 0 aliphatic carbocycles. The smallest absolute Gasteiger partial charge is 0.00928 e. The Morgan fingerprint density at radius 3 is 1.95 bits per heavy atom. The molecule has 0 bridgehead atoms. The molecule has 0 spiro atoms. The number of rotatable bonds is 4. The Labute approximate surface area is 133 Å². The molecular weight excluding hydrogens is 264 g/mol. The van der Waals surface area contributed by atoms with E-state index in [-0.39, 0.29) is 0 Å². The molecule has 0 saturated carbocycles. The molecule has 0 saturated heterocycles. The Morgan fingerprint density at radius 2 is 1.27 bits per heavy atom. The Balaban J connectivity index is 2.14. The molecule has 0 aromatic heterocycles. The van der Waals surface area contributed by atoms with E-state index in [0.717, 1.165) is 6.42 Å². The van der Waals surface area contributed by atoms with Crippen molar-refractivity contribution in [3.63, 3.8) is 0 Å². The molecule has 1 unspecified atom stereocenters. The molecular formula is C22H22. The first-order chi connectivity index (χ1) is 10.8. The summed E-state index contributed by atoms with van der Waals surface area (Å²) in [6.07, 6.45) is 1.10. The highest BCUT2D eigenvalue weighted by Crippen LogP contribution is 2.36. The van der Waals surface area contributed by atoms with E-state index in [0.29, 0.717) is 5.92 Å². The van der Waals surface area contributed by atoms with Crippen molar-refractivity contribution in [1.82, 2.24) is 0 Å². The Morgan fingerprint density at radius 1 is 0.682 bits per heavy atom. The predicted octanol–water partition coefficient (Wildman–Crippen LogP) is 6.20. The molecule has 0 heterocycles. The summed E-state index contributed by atoms with van der Waals surface area (Å²) in [5, 5.41) is 0. The predicted molar refractivity (Wildman–Crippen MR) is 95.2 cm³/mol. The first kappa shape index (κ1) is 14.6. The molecule has 3 aromatic rings. The summed E-state index contributed by atoms with van der Waals surface area (Å²) >= 11 is 0. The summed E-state index contributed by atoms with van der Waals surface area (Å²) in [5.41, 5.74) is 6.85. The first-order valence-corrected chi connectivity index (χ1v) is 8.01. The zero-order chi connectivity index (χ0) is 15.4. The van der Waals surface area contributed by atoms with Crippen LogP contribution in [-0.2, 0) is 0 Å². The summed E-state index contributed by atoms with van der Waals surface area (Å²) in [5.74, 6) is 0.442. The van der Waals surface area contributed by atoms with Crippen LogP contribution in [-0.4, -0.2) is 0 Å². The van der Waals surface area contributed by atoms with Gasteiger partial charge in [0.1, 0.15) is 0 Å². The molecule has 0 fully saturated rings. The van der Waals surface area contributed by atoms with Crippen LogP contribution < -0.4 is 0 Å². The third-order valence-electron chi connectivity index (χ3n) is 4.38. The van der Waals surface area contributed by atoms with Gasteiger partial charge in [0.25, 0.3) is 0 Å². The molecule has 0 radical (unpaired) electrons. The van der Waals surface area contributed by atoms with Crippen molar-refractivity contribution in [3.05, 3.63) is 95.6 Å². The zero-order valence-corrected chi connectivity index (χ0v) is 13.3. The van der Waals surface area contributed by atoms with E-state index in [1.807, 2.05) is 0 Å². The molecule has 0 amide bonds. The quantitative estimate of drug-likeness (QED) is 0.535. The van der Waals surface area contributed by atoms with Crippen molar-refractivity contribution in [3.8, 4) is 11.1 Å². The summed E-state index contributed by atoms with van der Waals surface area (Å²) in [6, 6.07) is 28.3. The summed E-state index contributed by atoms with van der Waals surface area (Å²) < 4.78 is 0. The topological polar surface area (TPSA) is 0 Å². The van der Waals surface area contributed by atoms with Crippen molar-refractivity contribution in [1.29, 1.82) is 0 Å². The van der Waals surface area contributed by atoms with Crippen LogP contribution in [0.3, 0.4) is 0 Å². The molecule has 3 aromatic carbocycles. The lowest BCUT2D eigenvalue weighted by Crippen LogP contribution is -2.02. The molecule has 110 valence electrons. The minimum Gasteiger partial charge on any atom is -0.0645 e. The average Bonchev–Trinajstić information content (AvgIpc) is 2.58. The van der Waals surface area contributed by atoms with Crippen molar-refractivity contribution in [2.75, 3.05) is 0 Å². The van der Waals surface area contributed by atoms with Gasteiger partial charge in [0.15, 0.2) is 0 Å². The third kappa shape index (κ3) is 2.82. The van der Waals surface area contributed by atoms with Crippen LogP contribution in [0.2, 0.25) is 0 Å². The average molecular weight is 286 g/mol. The summed E-state index contributed by atoms with van der Waals surface area (Å²) in [6.45, 7) is 4.46. The van der Waals surface area contributed by atoms with Crippen molar-refractivity contribution in [2.45, 2.75) is 26.2 Å². The van der Waals surface area contributed by atoms with E-state index in [4.69, 9.17) is 0 Å². The second-order valence-corrected chi connectivity index (χ2v) is 5.77. The van der Waals surface area contributed by atoms with Gasteiger partial charge >= 0.3 is 0 Å². The van der Waals surface area contributed by atoms with Crippen LogP contribution in [0.4, 0.5) is 0 Å². The number of hydrogen-bond donors (Lipinski definition) is 0. The molecule has 0 nitrogen and oxygen atoms in total. The number of aryl methyl sites for hydroxylation is 1. The lowest BCUT2D eigenvalue weighted by molar-refractivity contribution is 0.779. The molecule has 0 aliphatic heterocycles. The van der Waals surface area contributed by atoms with Gasteiger partial charge in [-0.2, -0.15) is 0 Å². The van der Waals surface area contributed by atoms with Crippen molar-refractivity contribution < 1.29 is 0 Å². The monoisotopic (exact) mass is 286 g/mol. The van der Waals surface area contributed by atoms with Gasteiger partial charge < -0.3 is 0 Å². The van der Waals surface area contributed by atoms with Gasteiger partial charge in [-0.05, 0) is 41.2 Å². The number of benzene rings is 3. The van der Waals surface area contributed by atoms with Crippen LogP contribution >= 0.6 is 0 Å². The molecule has 0 heteroatoms. The molecule has 0 aliphatic rings. The van der Waals surface area contributed by atoms with Crippen LogP contribution in [0.5, 0.6) is 0 Å². The largest absolute Gasteiger partial charge is 0.0645 e. The highest BCUT2D eigenvalue weighted by molar-refractivity contribution is 5.71. The van der Waals surface area contributed by atoms with Crippen LogP contribution in [0, 0.1) is 6.92 Å². The summed E-state index contributed by atoms with van der Waals surface area (Å²) in [4.78, 5) is 0. The molecule has 3 rings (SSSR count). The van der Waals surface area contributed by atoms with E-state index >= 15 is 0 Å². The third-order valence-corrected chi connectivity index (χ3v) is 4.38. The maximum absolute atomic E-state index is 2.28. The fraction of sp³-hybridized carbons (Fsp3) is 0.182. The van der Waals surface area contributed by atoms with Crippen molar-refractivity contribution in [2.24, 2.45) is 0 Å². The van der Waals surface area contributed by atoms with E-state index in [1.165, 1.54) is 27.8 Å². The maximum Gasteiger partial charge on any atom is 0.00928 e. The summed E-state index contributed by atoms with van der Waals surface area (Å²) in [7, 11) is 0. The van der Waals surface area contributed by atoms with Gasteiger partial charge in [-0.3, -0.25) is 0 Å². The van der Waals surface area contributed by atoms with E-state index in [2.05, 4.69) is 92.7 Å². The van der Waals surface area contributed by atoms with Gasteiger partial charge in [0.05, 0.1) is 0 Å². The fourth-order valence-corrected chi connectivity index (χ4v) is 3.24. The van der Waals surface area contributed by atoms with E-state index < -0.39 is 0 Å². The van der Waals surface area contributed by atoms with Gasteiger partial charge in [-0.25, -0.2) is 0 Å².